The van der Waals surface area contributed by atoms with E-state index in [4.69, 9.17) is 5.73 Å². The van der Waals surface area contributed by atoms with E-state index in [2.05, 4.69) is 22.1 Å². The Morgan fingerprint density at radius 1 is 1.52 bits per heavy atom. The third-order valence-electron chi connectivity index (χ3n) is 4.36. The van der Waals surface area contributed by atoms with Crippen molar-refractivity contribution in [3.8, 4) is 0 Å². The van der Waals surface area contributed by atoms with Crippen molar-refractivity contribution in [1.82, 2.24) is 15.2 Å². The van der Waals surface area contributed by atoms with Gasteiger partial charge in [0.2, 0.25) is 0 Å². The molecule has 2 atom stereocenters. The van der Waals surface area contributed by atoms with Gasteiger partial charge in [0.1, 0.15) is 10.7 Å². The van der Waals surface area contributed by atoms with Crippen LogP contribution in [-0.2, 0) is 0 Å². The van der Waals surface area contributed by atoms with Crippen LogP contribution in [0.4, 0.5) is 10.9 Å². The Balaban J connectivity index is 1.69. The molecule has 2 fully saturated rings. The average molecular weight is 309 g/mol. The highest BCUT2D eigenvalue weighted by atomic mass is 32.1. The molecule has 116 valence electrons. The molecule has 6 nitrogen and oxygen atoms in total. The van der Waals surface area contributed by atoms with Crippen LogP contribution in [0.15, 0.2) is 0 Å². The van der Waals surface area contributed by atoms with Crippen molar-refractivity contribution < 1.29 is 4.79 Å². The van der Waals surface area contributed by atoms with E-state index in [-0.39, 0.29) is 5.91 Å². The topological polar surface area (TPSA) is 74.5 Å². The lowest BCUT2D eigenvalue weighted by Gasteiger charge is -2.26. The summed E-state index contributed by atoms with van der Waals surface area (Å²) in [7, 11) is 1.86. The van der Waals surface area contributed by atoms with E-state index in [1.54, 1.807) is 4.90 Å². The summed E-state index contributed by atoms with van der Waals surface area (Å²) in [5, 5.41) is 4.17. The highest BCUT2D eigenvalue weighted by Gasteiger charge is 2.35. The van der Waals surface area contributed by atoms with Crippen LogP contribution in [0.5, 0.6) is 0 Å². The van der Waals surface area contributed by atoms with Crippen LogP contribution in [0.25, 0.3) is 0 Å². The number of piperazine rings is 1. The molecule has 2 unspecified atom stereocenters. The minimum Gasteiger partial charge on any atom is -0.382 e. The number of nitrogens with zero attached hydrogens (tertiary/aromatic N) is 3. The summed E-state index contributed by atoms with van der Waals surface area (Å²) in [6.45, 7) is 6.77. The Kier molecular flexibility index (Phi) is 4.03. The quantitative estimate of drug-likeness (QED) is 0.863. The number of carbonyl (C=O) groups excluding carboxylic acids is 1. The summed E-state index contributed by atoms with van der Waals surface area (Å²) in [6.07, 6.45) is 1.22. The van der Waals surface area contributed by atoms with Crippen LogP contribution in [0.3, 0.4) is 0 Å². The fourth-order valence-corrected chi connectivity index (χ4v) is 3.76. The maximum Gasteiger partial charge on any atom is 0.267 e. The first-order chi connectivity index (χ1) is 10.1. The zero-order chi connectivity index (χ0) is 15.0. The lowest BCUT2D eigenvalue weighted by Crippen LogP contribution is -2.43. The molecule has 1 saturated carbocycles. The predicted molar refractivity (Wildman–Crippen MR) is 85.8 cm³/mol. The minimum atomic E-state index is 0.00508. The second kappa shape index (κ2) is 5.81. The molecule has 3 rings (SSSR count). The van der Waals surface area contributed by atoms with Gasteiger partial charge in [-0.15, -0.1) is 0 Å². The number of hydrogen-bond donors (Lipinski definition) is 2. The maximum absolute atomic E-state index is 12.5. The van der Waals surface area contributed by atoms with Gasteiger partial charge in [0.05, 0.1) is 0 Å². The first-order valence-corrected chi connectivity index (χ1v) is 8.35. The number of nitrogens with one attached hydrogen (secondary N) is 1. The van der Waals surface area contributed by atoms with Gasteiger partial charge in [-0.05, 0) is 18.3 Å². The van der Waals surface area contributed by atoms with Gasteiger partial charge in [0, 0.05) is 39.8 Å². The molecule has 0 spiro atoms. The average Bonchev–Trinajstić information content (AvgIpc) is 3.03. The van der Waals surface area contributed by atoms with Crippen molar-refractivity contribution >= 4 is 28.2 Å². The van der Waals surface area contributed by atoms with Gasteiger partial charge in [0.25, 0.3) is 5.91 Å². The van der Waals surface area contributed by atoms with Crippen LogP contribution in [0.2, 0.25) is 0 Å². The molecule has 0 bridgehead atoms. The summed E-state index contributed by atoms with van der Waals surface area (Å²) in [4.78, 5) is 21.5. The predicted octanol–water partition coefficient (Wildman–Crippen LogP) is 0.863. The van der Waals surface area contributed by atoms with Gasteiger partial charge in [-0.3, -0.25) is 4.79 Å². The van der Waals surface area contributed by atoms with Gasteiger partial charge in [-0.25, -0.2) is 4.98 Å². The molecular formula is C14H23N5OS. The number of nitrogens with two attached hydrogens (primary N) is 1. The molecule has 1 amide bonds. The van der Waals surface area contributed by atoms with Gasteiger partial charge in [-0.2, -0.15) is 0 Å². The van der Waals surface area contributed by atoms with Crippen molar-refractivity contribution in [3.63, 3.8) is 0 Å². The number of rotatable bonds is 4. The van der Waals surface area contributed by atoms with Crippen LogP contribution in [0.1, 0.15) is 23.0 Å². The second-order valence-corrected chi connectivity index (χ2v) is 7.08. The molecule has 1 saturated heterocycles. The third-order valence-corrected chi connectivity index (χ3v) is 5.47. The summed E-state index contributed by atoms with van der Waals surface area (Å²) < 4.78 is 0. The highest BCUT2D eigenvalue weighted by molar-refractivity contribution is 7.18. The monoisotopic (exact) mass is 309 g/mol. The number of thiazole rings is 1. The second-order valence-electron chi connectivity index (χ2n) is 6.11. The lowest BCUT2D eigenvalue weighted by atomic mass is 10.3. The van der Waals surface area contributed by atoms with E-state index in [0.717, 1.165) is 43.8 Å². The van der Waals surface area contributed by atoms with Crippen molar-refractivity contribution in [2.75, 3.05) is 50.4 Å². The van der Waals surface area contributed by atoms with E-state index >= 15 is 0 Å². The number of hydrogen-bond acceptors (Lipinski definition) is 6. The Hall–Kier alpha value is -1.34. The van der Waals surface area contributed by atoms with E-state index in [1.807, 2.05) is 7.05 Å². The van der Waals surface area contributed by atoms with Gasteiger partial charge >= 0.3 is 0 Å². The summed E-state index contributed by atoms with van der Waals surface area (Å²) in [5.74, 6) is 1.77. The number of amides is 1. The number of carbonyl (C=O) groups is 1. The Morgan fingerprint density at radius 3 is 2.81 bits per heavy atom. The van der Waals surface area contributed by atoms with Crippen LogP contribution < -0.4 is 16.0 Å². The molecule has 21 heavy (non-hydrogen) atoms. The summed E-state index contributed by atoms with van der Waals surface area (Å²) in [5.41, 5.74) is 5.97. The van der Waals surface area contributed by atoms with Crippen molar-refractivity contribution in [1.29, 1.82) is 0 Å². The zero-order valence-electron chi connectivity index (χ0n) is 12.6. The van der Waals surface area contributed by atoms with Crippen LogP contribution in [0, 0.1) is 11.8 Å². The Morgan fingerprint density at radius 2 is 2.19 bits per heavy atom. The van der Waals surface area contributed by atoms with Gasteiger partial charge < -0.3 is 20.9 Å². The molecule has 0 aromatic carbocycles. The molecule has 2 heterocycles. The molecule has 1 aromatic heterocycles. The molecule has 7 heteroatoms. The first kappa shape index (κ1) is 14.6. The fraction of sp³-hybridized carbons (Fsp3) is 0.714. The molecule has 1 aliphatic heterocycles. The summed E-state index contributed by atoms with van der Waals surface area (Å²) >= 11 is 1.42. The van der Waals surface area contributed by atoms with Crippen LogP contribution >= 0.6 is 11.3 Å². The Bertz CT molecular complexity index is 525. The highest BCUT2D eigenvalue weighted by Crippen LogP contribution is 2.38. The lowest BCUT2D eigenvalue weighted by molar-refractivity contribution is 0.0792. The standard InChI is InChI=1S/C14H23N5OS/c1-9-7-10(9)8-18(2)13(20)11-12(15)17-14(21-11)19-5-3-16-4-6-19/h9-10,16H,3-8,15H2,1-2H3. The molecule has 1 aromatic rings. The number of aromatic nitrogens is 1. The van der Waals surface area contributed by atoms with Crippen molar-refractivity contribution in [2.45, 2.75) is 13.3 Å². The van der Waals surface area contributed by atoms with Gasteiger partial charge in [0.15, 0.2) is 5.13 Å². The number of nitrogen functional groups attached to an aromatic ring is 1. The molecule has 0 radical (unpaired) electrons. The SMILES string of the molecule is CC1CC1CN(C)C(=O)c1sc(N2CCNCC2)nc1N. The van der Waals surface area contributed by atoms with Crippen molar-refractivity contribution in [2.24, 2.45) is 11.8 Å². The van der Waals surface area contributed by atoms with E-state index < -0.39 is 0 Å². The maximum atomic E-state index is 12.5. The molecule has 3 N–H and O–H groups in total. The van der Waals surface area contributed by atoms with E-state index in [0.29, 0.717) is 16.6 Å². The molecule has 2 aliphatic rings. The fourth-order valence-electron chi connectivity index (χ4n) is 2.73. The molecule has 1 aliphatic carbocycles. The third kappa shape index (κ3) is 3.13. The first-order valence-electron chi connectivity index (χ1n) is 7.53. The minimum absolute atomic E-state index is 0.00508. The normalized spacial score (nSPS) is 25.0. The smallest absolute Gasteiger partial charge is 0.267 e. The number of anilines is 2. The largest absolute Gasteiger partial charge is 0.382 e. The van der Waals surface area contributed by atoms with E-state index in [9.17, 15) is 4.79 Å². The van der Waals surface area contributed by atoms with Crippen molar-refractivity contribution in [3.05, 3.63) is 4.88 Å². The zero-order valence-corrected chi connectivity index (χ0v) is 13.4. The Labute approximate surface area is 129 Å². The summed E-state index contributed by atoms with van der Waals surface area (Å²) in [6, 6.07) is 0. The molecular weight excluding hydrogens is 286 g/mol. The van der Waals surface area contributed by atoms with Gasteiger partial charge in [-0.1, -0.05) is 18.3 Å². The van der Waals surface area contributed by atoms with E-state index in [1.165, 1.54) is 17.8 Å². The van der Waals surface area contributed by atoms with Crippen LogP contribution in [-0.4, -0.2) is 55.6 Å².